The molecule has 2 amide bonds. The Morgan fingerprint density at radius 3 is 2.28 bits per heavy atom. The summed E-state index contributed by atoms with van der Waals surface area (Å²) in [6.45, 7) is 3.57. The van der Waals surface area contributed by atoms with E-state index in [1.54, 1.807) is 6.92 Å². The molecule has 98 valence electrons. The third-order valence-corrected chi connectivity index (χ3v) is 2.93. The van der Waals surface area contributed by atoms with Crippen LogP contribution in [0.4, 0.5) is 4.79 Å². The summed E-state index contributed by atoms with van der Waals surface area (Å²) < 4.78 is 0. The molecule has 0 saturated heterocycles. The summed E-state index contributed by atoms with van der Waals surface area (Å²) in [6, 6.07) is 9.33. The summed E-state index contributed by atoms with van der Waals surface area (Å²) in [5.74, 6) is -0.342. The molecule has 0 bridgehead atoms. The van der Waals surface area contributed by atoms with Gasteiger partial charge in [0, 0.05) is 12.5 Å². The highest BCUT2D eigenvalue weighted by atomic mass is 16.4. The minimum Gasteiger partial charge on any atom is -0.465 e. The monoisotopic (exact) mass is 249 g/mol. The molecule has 0 saturated carbocycles. The Labute approximate surface area is 107 Å². The van der Waals surface area contributed by atoms with Gasteiger partial charge in [-0.15, -0.1) is 0 Å². The standard InChI is InChI=1S/C14H19NO3/c1-3-12(10-11-8-6-5-7-9-11)15(14(17)18)13(16)4-2/h5-9,12H,3-4,10H2,1-2H3,(H,17,18)/t12-/m1/s1. The Morgan fingerprint density at radius 2 is 1.83 bits per heavy atom. The molecular weight excluding hydrogens is 230 g/mol. The molecule has 1 N–H and O–H groups in total. The van der Waals surface area contributed by atoms with E-state index in [1.807, 2.05) is 37.3 Å². The van der Waals surface area contributed by atoms with Crippen molar-refractivity contribution in [1.82, 2.24) is 4.90 Å². The minimum atomic E-state index is -1.16. The van der Waals surface area contributed by atoms with Crippen LogP contribution in [0.25, 0.3) is 0 Å². The Kier molecular flexibility index (Phi) is 5.36. The Morgan fingerprint density at radius 1 is 1.22 bits per heavy atom. The van der Waals surface area contributed by atoms with Crippen molar-refractivity contribution in [1.29, 1.82) is 0 Å². The molecule has 0 aliphatic heterocycles. The normalized spacial score (nSPS) is 11.9. The van der Waals surface area contributed by atoms with Crippen LogP contribution in [0.15, 0.2) is 30.3 Å². The average Bonchev–Trinajstić information content (AvgIpc) is 2.38. The van der Waals surface area contributed by atoms with Crippen molar-refractivity contribution in [2.24, 2.45) is 0 Å². The molecular formula is C14H19NO3. The zero-order chi connectivity index (χ0) is 13.5. The first kappa shape index (κ1) is 14.2. The Bertz CT molecular complexity index is 403. The van der Waals surface area contributed by atoms with E-state index >= 15 is 0 Å². The first-order valence-corrected chi connectivity index (χ1v) is 6.19. The van der Waals surface area contributed by atoms with Crippen molar-refractivity contribution in [3.05, 3.63) is 35.9 Å². The van der Waals surface area contributed by atoms with Gasteiger partial charge in [-0.25, -0.2) is 9.69 Å². The first-order chi connectivity index (χ1) is 8.60. The topological polar surface area (TPSA) is 57.6 Å². The molecule has 0 heterocycles. The smallest absolute Gasteiger partial charge is 0.414 e. The second-order valence-electron chi connectivity index (χ2n) is 4.15. The molecule has 1 aromatic carbocycles. The third-order valence-electron chi connectivity index (χ3n) is 2.93. The fourth-order valence-corrected chi connectivity index (χ4v) is 1.94. The highest BCUT2D eigenvalue weighted by Gasteiger charge is 2.27. The summed E-state index contributed by atoms with van der Waals surface area (Å²) in [4.78, 5) is 23.8. The lowest BCUT2D eigenvalue weighted by atomic mass is 10.0. The summed E-state index contributed by atoms with van der Waals surface area (Å²) in [7, 11) is 0. The fourth-order valence-electron chi connectivity index (χ4n) is 1.94. The van der Waals surface area contributed by atoms with Gasteiger partial charge in [-0.05, 0) is 18.4 Å². The van der Waals surface area contributed by atoms with E-state index in [2.05, 4.69) is 0 Å². The van der Waals surface area contributed by atoms with Gasteiger partial charge in [-0.3, -0.25) is 4.79 Å². The highest BCUT2D eigenvalue weighted by Crippen LogP contribution is 2.13. The average molecular weight is 249 g/mol. The van der Waals surface area contributed by atoms with Gasteiger partial charge in [-0.1, -0.05) is 44.2 Å². The number of rotatable bonds is 5. The maximum Gasteiger partial charge on any atom is 0.414 e. The van der Waals surface area contributed by atoms with Gasteiger partial charge < -0.3 is 5.11 Å². The van der Waals surface area contributed by atoms with Crippen LogP contribution in [0.1, 0.15) is 32.3 Å². The van der Waals surface area contributed by atoms with E-state index in [1.165, 1.54) is 0 Å². The maximum atomic E-state index is 11.7. The number of imide groups is 1. The number of carbonyl (C=O) groups excluding carboxylic acids is 1. The highest BCUT2D eigenvalue weighted by molar-refractivity contribution is 5.91. The molecule has 1 atom stereocenters. The summed E-state index contributed by atoms with van der Waals surface area (Å²) >= 11 is 0. The van der Waals surface area contributed by atoms with E-state index in [-0.39, 0.29) is 18.4 Å². The second-order valence-corrected chi connectivity index (χ2v) is 4.15. The zero-order valence-corrected chi connectivity index (χ0v) is 10.8. The molecule has 18 heavy (non-hydrogen) atoms. The van der Waals surface area contributed by atoms with Crippen LogP contribution in [0.5, 0.6) is 0 Å². The van der Waals surface area contributed by atoms with E-state index in [9.17, 15) is 9.59 Å². The molecule has 0 aromatic heterocycles. The Hall–Kier alpha value is -1.84. The lowest BCUT2D eigenvalue weighted by molar-refractivity contribution is -0.130. The lowest BCUT2D eigenvalue weighted by Crippen LogP contribution is -2.44. The molecule has 0 radical (unpaired) electrons. The first-order valence-electron chi connectivity index (χ1n) is 6.19. The van der Waals surface area contributed by atoms with Crippen LogP contribution in [0.3, 0.4) is 0 Å². The molecule has 4 nitrogen and oxygen atoms in total. The Balaban J connectivity index is 2.86. The van der Waals surface area contributed by atoms with Gasteiger partial charge in [0.1, 0.15) is 0 Å². The minimum absolute atomic E-state index is 0.206. The third kappa shape index (κ3) is 3.58. The van der Waals surface area contributed by atoms with Crippen LogP contribution in [0, 0.1) is 0 Å². The number of carbonyl (C=O) groups is 2. The molecule has 0 aliphatic rings. The van der Waals surface area contributed by atoms with Crippen LogP contribution >= 0.6 is 0 Å². The number of carboxylic acid groups (broad SMARTS) is 1. The molecule has 0 aliphatic carbocycles. The molecule has 1 rings (SSSR count). The predicted octanol–water partition coefficient (Wildman–Crippen LogP) is 2.92. The van der Waals surface area contributed by atoms with Crippen LogP contribution in [-0.4, -0.2) is 28.0 Å². The quantitative estimate of drug-likeness (QED) is 0.872. The lowest BCUT2D eigenvalue weighted by Gasteiger charge is -2.26. The van der Waals surface area contributed by atoms with Gasteiger partial charge in [0.15, 0.2) is 0 Å². The van der Waals surface area contributed by atoms with Gasteiger partial charge in [0.05, 0.1) is 0 Å². The number of hydrogen-bond donors (Lipinski definition) is 1. The van der Waals surface area contributed by atoms with Gasteiger partial charge in [0.25, 0.3) is 0 Å². The van der Waals surface area contributed by atoms with Crippen molar-refractivity contribution < 1.29 is 14.7 Å². The van der Waals surface area contributed by atoms with Crippen molar-refractivity contribution in [3.63, 3.8) is 0 Å². The molecule has 0 fully saturated rings. The van der Waals surface area contributed by atoms with Crippen LogP contribution < -0.4 is 0 Å². The number of benzene rings is 1. The van der Waals surface area contributed by atoms with E-state index in [0.717, 1.165) is 10.5 Å². The molecule has 0 unspecified atom stereocenters. The SMILES string of the molecule is CCC(=O)N(C(=O)O)[C@H](CC)Cc1ccccc1. The molecule has 1 aromatic rings. The predicted molar refractivity (Wildman–Crippen MR) is 69.4 cm³/mol. The van der Waals surface area contributed by atoms with E-state index in [0.29, 0.717) is 12.8 Å². The van der Waals surface area contributed by atoms with Gasteiger partial charge in [-0.2, -0.15) is 0 Å². The molecule has 4 heteroatoms. The van der Waals surface area contributed by atoms with Crippen molar-refractivity contribution in [3.8, 4) is 0 Å². The van der Waals surface area contributed by atoms with E-state index in [4.69, 9.17) is 5.11 Å². The largest absolute Gasteiger partial charge is 0.465 e. The number of amides is 2. The number of hydrogen-bond acceptors (Lipinski definition) is 2. The second kappa shape index (κ2) is 6.79. The molecule has 0 spiro atoms. The van der Waals surface area contributed by atoms with Crippen LogP contribution in [0.2, 0.25) is 0 Å². The van der Waals surface area contributed by atoms with Crippen LogP contribution in [-0.2, 0) is 11.2 Å². The summed E-state index contributed by atoms with van der Waals surface area (Å²) in [6.07, 6.45) is 0.226. The summed E-state index contributed by atoms with van der Waals surface area (Å²) in [5.41, 5.74) is 1.04. The maximum absolute atomic E-state index is 11.7. The van der Waals surface area contributed by atoms with Gasteiger partial charge in [0.2, 0.25) is 5.91 Å². The number of nitrogens with zero attached hydrogens (tertiary/aromatic N) is 1. The fraction of sp³-hybridized carbons (Fsp3) is 0.429. The van der Waals surface area contributed by atoms with Crippen molar-refractivity contribution in [2.45, 2.75) is 39.2 Å². The van der Waals surface area contributed by atoms with Crippen molar-refractivity contribution in [2.75, 3.05) is 0 Å². The zero-order valence-electron chi connectivity index (χ0n) is 10.8. The summed E-state index contributed by atoms with van der Waals surface area (Å²) in [5, 5.41) is 9.16. The van der Waals surface area contributed by atoms with E-state index < -0.39 is 6.09 Å². The van der Waals surface area contributed by atoms with Gasteiger partial charge >= 0.3 is 6.09 Å². The van der Waals surface area contributed by atoms with Crippen molar-refractivity contribution >= 4 is 12.0 Å².